The summed E-state index contributed by atoms with van der Waals surface area (Å²) in [5.74, 6) is 0. The number of pyridine rings is 1. The molecule has 0 radical (unpaired) electrons. The Morgan fingerprint density at radius 3 is 2.88 bits per heavy atom. The molecule has 0 fully saturated rings. The molecule has 0 bridgehead atoms. The van der Waals surface area contributed by atoms with E-state index in [1.165, 1.54) is 16.7 Å². The number of rotatable bonds is 1. The molecule has 0 saturated heterocycles. The predicted octanol–water partition coefficient (Wildman–Crippen LogP) is 2.58. The van der Waals surface area contributed by atoms with Gasteiger partial charge in [-0.25, -0.2) is 0 Å². The quantitative estimate of drug-likeness (QED) is 0.782. The number of benzene rings is 1. The van der Waals surface area contributed by atoms with Gasteiger partial charge in [-0.15, -0.1) is 0 Å². The van der Waals surface area contributed by atoms with Gasteiger partial charge in [-0.2, -0.15) is 0 Å². The Hall–Kier alpha value is -1.67. The van der Waals surface area contributed by atoms with Gasteiger partial charge in [-0.1, -0.05) is 30.3 Å². The average molecular weight is 210 g/mol. The number of nitrogens with one attached hydrogen (secondary N) is 1. The molecule has 1 aliphatic heterocycles. The minimum absolute atomic E-state index is 0.310. The number of fused-ring (bicyclic) bond motifs is 1. The molecule has 0 amide bonds. The molecule has 2 heterocycles. The van der Waals surface area contributed by atoms with Crippen molar-refractivity contribution < 1.29 is 0 Å². The van der Waals surface area contributed by atoms with Crippen LogP contribution in [0.15, 0.2) is 42.6 Å². The van der Waals surface area contributed by atoms with Gasteiger partial charge in [0.15, 0.2) is 0 Å². The van der Waals surface area contributed by atoms with Crippen LogP contribution in [0.5, 0.6) is 0 Å². The van der Waals surface area contributed by atoms with E-state index >= 15 is 0 Å². The van der Waals surface area contributed by atoms with Crippen LogP contribution in [-0.2, 0) is 6.54 Å². The first-order chi connectivity index (χ1) is 7.84. The second kappa shape index (κ2) is 3.72. The smallest absolute Gasteiger partial charge is 0.0597 e. The van der Waals surface area contributed by atoms with Crippen molar-refractivity contribution in [1.82, 2.24) is 10.3 Å². The van der Waals surface area contributed by atoms with Gasteiger partial charge in [0.05, 0.1) is 6.04 Å². The zero-order chi connectivity index (χ0) is 11.0. The van der Waals surface area contributed by atoms with E-state index in [4.69, 9.17) is 0 Å². The standard InChI is InChI=1S/C14H14N2/c1-10-6-7-12(9-15-10)14-13-5-3-2-4-11(13)8-16-14/h2-7,9,14,16H,8H2,1H3. The van der Waals surface area contributed by atoms with Crippen LogP contribution >= 0.6 is 0 Å². The summed E-state index contributed by atoms with van der Waals surface area (Å²) in [7, 11) is 0. The topological polar surface area (TPSA) is 24.9 Å². The van der Waals surface area contributed by atoms with E-state index in [-0.39, 0.29) is 0 Å². The minimum Gasteiger partial charge on any atom is -0.302 e. The van der Waals surface area contributed by atoms with E-state index < -0.39 is 0 Å². The summed E-state index contributed by atoms with van der Waals surface area (Å²) in [4.78, 5) is 4.36. The normalized spacial score (nSPS) is 18.4. The Balaban J connectivity index is 2.01. The van der Waals surface area contributed by atoms with E-state index in [0.29, 0.717) is 6.04 Å². The lowest BCUT2D eigenvalue weighted by molar-refractivity contribution is 0.664. The molecule has 80 valence electrons. The number of nitrogens with zero attached hydrogens (tertiary/aromatic N) is 1. The lowest BCUT2D eigenvalue weighted by Crippen LogP contribution is -2.13. The average Bonchev–Trinajstić information content (AvgIpc) is 2.74. The van der Waals surface area contributed by atoms with Gasteiger partial charge in [0, 0.05) is 18.4 Å². The molecule has 2 aromatic rings. The van der Waals surface area contributed by atoms with E-state index in [2.05, 4.69) is 46.7 Å². The fourth-order valence-electron chi connectivity index (χ4n) is 2.25. The van der Waals surface area contributed by atoms with Crippen molar-refractivity contribution in [3.05, 3.63) is 65.0 Å². The molecule has 2 heteroatoms. The van der Waals surface area contributed by atoms with Gasteiger partial charge in [-0.3, -0.25) is 4.98 Å². The summed E-state index contributed by atoms with van der Waals surface area (Å²) in [6.45, 7) is 2.97. The van der Waals surface area contributed by atoms with Crippen LogP contribution in [0.3, 0.4) is 0 Å². The molecule has 3 rings (SSSR count). The van der Waals surface area contributed by atoms with Crippen LogP contribution in [-0.4, -0.2) is 4.98 Å². The molecular weight excluding hydrogens is 196 g/mol. The third-order valence-electron chi connectivity index (χ3n) is 3.13. The second-order valence-electron chi connectivity index (χ2n) is 4.25. The van der Waals surface area contributed by atoms with E-state index in [9.17, 15) is 0 Å². The summed E-state index contributed by atoms with van der Waals surface area (Å²) in [6, 6.07) is 13.1. The molecule has 1 aromatic carbocycles. The molecule has 0 aliphatic carbocycles. The van der Waals surface area contributed by atoms with Crippen LogP contribution in [0.2, 0.25) is 0 Å². The summed E-state index contributed by atoms with van der Waals surface area (Å²) in [5, 5.41) is 3.52. The summed E-state index contributed by atoms with van der Waals surface area (Å²) in [6.07, 6.45) is 1.97. The lowest BCUT2D eigenvalue weighted by atomic mass is 10.00. The van der Waals surface area contributed by atoms with Crippen LogP contribution in [0.4, 0.5) is 0 Å². The van der Waals surface area contributed by atoms with Crippen LogP contribution in [0, 0.1) is 6.92 Å². The maximum atomic E-state index is 4.36. The molecule has 0 spiro atoms. The first-order valence-corrected chi connectivity index (χ1v) is 5.58. The number of hydrogen-bond acceptors (Lipinski definition) is 2. The van der Waals surface area contributed by atoms with E-state index in [0.717, 1.165) is 12.2 Å². The third-order valence-corrected chi connectivity index (χ3v) is 3.13. The Bertz CT molecular complexity index is 502. The first kappa shape index (κ1) is 9.55. The first-order valence-electron chi connectivity index (χ1n) is 5.58. The van der Waals surface area contributed by atoms with Gasteiger partial charge in [0.25, 0.3) is 0 Å². The molecule has 1 atom stereocenters. The molecule has 1 N–H and O–H groups in total. The Morgan fingerprint density at radius 2 is 2.06 bits per heavy atom. The highest BCUT2D eigenvalue weighted by Crippen LogP contribution is 2.29. The van der Waals surface area contributed by atoms with Gasteiger partial charge in [0.1, 0.15) is 0 Å². The van der Waals surface area contributed by atoms with Crippen molar-refractivity contribution >= 4 is 0 Å². The van der Waals surface area contributed by atoms with Crippen LogP contribution in [0.1, 0.15) is 28.4 Å². The van der Waals surface area contributed by atoms with Crippen molar-refractivity contribution in [3.8, 4) is 0 Å². The highest BCUT2D eigenvalue weighted by molar-refractivity contribution is 5.40. The van der Waals surface area contributed by atoms with Crippen LogP contribution < -0.4 is 5.32 Å². The summed E-state index contributed by atoms with van der Waals surface area (Å²) >= 11 is 0. The number of aryl methyl sites for hydroxylation is 1. The monoisotopic (exact) mass is 210 g/mol. The summed E-state index contributed by atoms with van der Waals surface area (Å²) < 4.78 is 0. The molecule has 1 aliphatic rings. The fourth-order valence-corrected chi connectivity index (χ4v) is 2.25. The fraction of sp³-hybridized carbons (Fsp3) is 0.214. The van der Waals surface area contributed by atoms with Gasteiger partial charge in [-0.05, 0) is 29.7 Å². The molecule has 0 saturated carbocycles. The zero-order valence-corrected chi connectivity index (χ0v) is 9.27. The van der Waals surface area contributed by atoms with Gasteiger partial charge >= 0.3 is 0 Å². The largest absolute Gasteiger partial charge is 0.302 e. The van der Waals surface area contributed by atoms with E-state index in [1.54, 1.807) is 0 Å². The number of hydrogen-bond donors (Lipinski definition) is 1. The Labute approximate surface area is 95.3 Å². The van der Waals surface area contributed by atoms with Crippen molar-refractivity contribution in [1.29, 1.82) is 0 Å². The minimum atomic E-state index is 0.310. The van der Waals surface area contributed by atoms with Crippen molar-refractivity contribution in [2.45, 2.75) is 19.5 Å². The molecule has 1 unspecified atom stereocenters. The summed E-state index contributed by atoms with van der Waals surface area (Å²) in [5.41, 5.74) is 5.09. The second-order valence-corrected chi connectivity index (χ2v) is 4.25. The van der Waals surface area contributed by atoms with Crippen molar-refractivity contribution in [3.63, 3.8) is 0 Å². The Morgan fingerprint density at radius 1 is 1.19 bits per heavy atom. The SMILES string of the molecule is Cc1ccc(C2NCc3ccccc32)cn1. The van der Waals surface area contributed by atoms with E-state index in [1.807, 2.05) is 13.1 Å². The Kier molecular flexibility index (Phi) is 2.22. The zero-order valence-electron chi connectivity index (χ0n) is 9.27. The molecule has 1 aromatic heterocycles. The molecular formula is C14H14N2. The van der Waals surface area contributed by atoms with Gasteiger partial charge in [0.2, 0.25) is 0 Å². The molecule has 16 heavy (non-hydrogen) atoms. The third kappa shape index (κ3) is 1.51. The predicted molar refractivity (Wildman–Crippen MR) is 64.1 cm³/mol. The van der Waals surface area contributed by atoms with Crippen molar-refractivity contribution in [2.24, 2.45) is 0 Å². The maximum Gasteiger partial charge on any atom is 0.0597 e. The number of aromatic nitrogens is 1. The highest BCUT2D eigenvalue weighted by Gasteiger charge is 2.22. The van der Waals surface area contributed by atoms with Crippen molar-refractivity contribution in [2.75, 3.05) is 0 Å². The molecule has 2 nitrogen and oxygen atoms in total. The van der Waals surface area contributed by atoms with Crippen LogP contribution in [0.25, 0.3) is 0 Å². The maximum absolute atomic E-state index is 4.36. The lowest BCUT2D eigenvalue weighted by Gasteiger charge is -2.12. The van der Waals surface area contributed by atoms with Gasteiger partial charge < -0.3 is 5.32 Å². The highest BCUT2D eigenvalue weighted by atomic mass is 14.9.